The molecule has 2 N–H and O–H groups in total. The molecule has 1 aromatic heterocycles. The fourth-order valence-electron chi connectivity index (χ4n) is 2.87. The third-order valence-corrected chi connectivity index (χ3v) is 5.60. The normalized spacial score (nSPS) is 15.2. The highest BCUT2D eigenvalue weighted by Gasteiger charge is 2.34. The standard InChI is InChI=1S/C22H14N2O5S2/c25-19-17(12-16-10-11-18(31-16)21(27)28)20(26)24(22(30)23-19)13-6-8-15(9-7-13)29-14-4-2-1-3-5-14/h1-12H,(H,27,28)(H,23,25,30)/b17-12+. The van der Waals surface area contributed by atoms with E-state index in [-0.39, 0.29) is 15.6 Å². The molecule has 1 saturated heterocycles. The number of nitrogens with zero attached hydrogens (tertiary/aromatic N) is 1. The molecule has 1 aliphatic rings. The lowest BCUT2D eigenvalue weighted by Crippen LogP contribution is -2.54. The Morgan fingerprint density at radius 1 is 1.00 bits per heavy atom. The van der Waals surface area contributed by atoms with Crippen molar-refractivity contribution < 1.29 is 24.2 Å². The number of thiocarbonyl (C=S) groups is 1. The number of para-hydroxylation sites is 1. The van der Waals surface area contributed by atoms with Crippen molar-refractivity contribution in [3.05, 3.63) is 82.1 Å². The van der Waals surface area contributed by atoms with Crippen molar-refractivity contribution >= 4 is 58.2 Å². The Morgan fingerprint density at radius 3 is 2.32 bits per heavy atom. The van der Waals surface area contributed by atoms with Gasteiger partial charge in [0, 0.05) is 4.88 Å². The number of carboxylic acid groups (broad SMARTS) is 1. The first-order valence-electron chi connectivity index (χ1n) is 9.00. The van der Waals surface area contributed by atoms with Crippen LogP contribution in [-0.2, 0) is 9.59 Å². The number of amides is 2. The van der Waals surface area contributed by atoms with Gasteiger partial charge in [0.1, 0.15) is 21.9 Å². The largest absolute Gasteiger partial charge is 0.477 e. The van der Waals surface area contributed by atoms with Crippen LogP contribution in [0.1, 0.15) is 14.5 Å². The second-order valence-corrected chi connectivity index (χ2v) is 7.88. The number of carbonyl (C=O) groups is 3. The fourth-order valence-corrected chi connectivity index (χ4v) is 3.94. The first-order chi connectivity index (χ1) is 14.9. The molecule has 31 heavy (non-hydrogen) atoms. The summed E-state index contributed by atoms with van der Waals surface area (Å²) in [6, 6.07) is 18.9. The minimum Gasteiger partial charge on any atom is -0.477 e. The number of carbonyl (C=O) groups excluding carboxylic acids is 2. The van der Waals surface area contributed by atoms with Crippen molar-refractivity contribution in [1.29, 1.82) is 0 Å². The topological polar surface area (TPSA) is 95.9 Å². The van der Waals surface area contributed by atoms with Gasteiger partial charge in [-0.3, -0.25) is 19.8 Å². The fraction of sp³-hybridized carbons (Fsp3) is 0. The first-order valence-corrected chi connectivity index (χ1v) is 10.2. The van der Waals surface area contributed by atoms with E-state index >= 15 is 0 Å². The van der Waals surface area contributed by atoms with Gasteiger partial charge in [0.25, 0.3) is 11.8 Å². The van der Waals surface area contributed by atoms with Crippen LogP contribution in [0.4, 0.5) is 5.69 Å². The number of ether oxygens (including phenoxy) is 1. The van der Waals surface area contributed by atoms with Crippen LogP contribution in [-0.4, -0.2) is 28.0 Å². The monoisotopic (exact) mass is 450 g/mol. The van der Waals surface area contributed by atoms with E-state index in [4.69, 9.17) is 22.1 Å². The maximum absolute atomic E-state index is 13.0. The Balaban J connectivity index is 1.59. The van der Waals surface area contributed by atoms with Crippen molar-refractivity contribution in [1.82, 2.24) is 5.32 Å². The number of hydrogen-bond donors (Lipinski definition) is 2. The SMILES string of the molecule is O=C1NC(=S)N(c2ccc(Oc3ccccc3)cc2)C(=O)/C1=C/c1ccc(C(=O)O)s1. The number of aromatic carboxylic acids is 1. The zero-order valence-electron chi connectivity index (χ0n) is 15.8. The molecule has 4 rings (SSSR count). The van der Waals surface area contributed by atoms with E-state index in [2.05, 4.69) is 5.32 Å². The molecule has 2 amide bonds. The Labute approximate surface area is 186 Å². The molecular weight excluding hydrogens is 436 g/mol. The molecule has 0 bridgehead atoms. The van der Waals surface area contributed by atoms with Gasteiger partial charge in [-0.05, 0) is 66.8 Å². The lowest BCUT2D eigenvalue weighted by molar-refractivity contribution is -0.122. The summed E-state index contributed by atoms with van der Waals surface area (Å²) < 4.78 is 5.75. The van der Waals surface area contributed by atoms with Gasteiger partial charge in [-0.25, -0.2) is 4.79 Å². The van der Waals surface area contributed by atoms with Gasteiger partial charge in [-0.1, -0.05) is 18.2 Å². The predicted molar refractivity (Wildman–Crippen MR) is 120 cm³/mol. The molecule has 0 saturated carbocycles. The molecule has 0 unspecified atom stereocenters. The highest BCUT2D eigenvalue weighted by Crippen LogP contribution is 2.28. The van der Waals surface area contributed by atoms with Crippen molar-refractivity contribution in [2.45, 2.75) is 0 Å². The molecule has 0 radical (unpaired) electrons. The second-order valence-electron chi connectivity index (χ2n) is 6.37. The average Bonchev–Trinajstić information content (AvgIpc) is 3.22. The zero-order valence-corrected chi connectivity index (χ0v) is 17.4. The summed E-state index contributed by atoms with van der Waals surface area (Å²) in [7, 11) is 0. The molecule has 7 nitrogen and oxygen atoms in total. The lowest BCUT2D eigenvalue weighted by Gasteiger charge is -2.28. The summed E-state index contributed by atoms with van der Waals surface area (Å²) in [6.45, 7) is 0. The van der Waals surface area contributed by atoms with Gasteiger partial charge in [0.2, 0.25) is 0 Å². The number of anilines is 1. The lowest BCUT2D eigenvalue weighted by atomic mass is 10.1. The second kappa shape index (κ2) is 8.50. The summed E-state index contributed by atoms with van der Waals surface area (Å²) in [5.41, 5.74) is 0.315. The summed E-state index contributed by atoms with van der Waals surface area (Å²) >= 11 is 6.16. The van der Waals surface area contributed by atoms with Crippen molar-refractivity contribution in [2.24, 2.45) is 0 Å². The van der Waals surface area contributed by atoms with E-state index < -0.39 is 17.8 Å². The van der Waals surface area contributed by atoms with E-state index in [0.29, 0.717) is 22.1 Å². The Bertz CT molecular complexity index is 1220. The van der Waals surface area contributed by atoms with Crippen LogP contribution in [0.2, 0.25) is 0 Å². The molecule has 154 valence electrons. The number of carboxylic acids is 1. The molecular formula is C22H14N2O5S2. The quantitative estimate of drug-likeness (QED) is 0.346. The Hall–Kier alpha value is -3.82. The molecule has 0 spiro atoms. The number of thiophene rings is 1. The van der Waals surface area contributed by atoms with Gasteiger partial charge in [0.05, 0.1) is 5.69 Å². The molecule has 0 atom stereocenters. The molecule has 1 aliphatic heterocycles. The third-order valence-electron chi connectivity index (χ3n) is 4.30. The van der Waals surface area contributed by atoms with Crippen LogP contribution in [0.15, 0.2) is 72.3 Å². The van der Waals surface area contributed by atoms with Crippen molar-refractivity contribution in [3.63, 3.8) is 0 Å². The maximum Gasteiger partial charge on any atom is 0.345 e. The molecule has 2 heterocycles. The number of benzene rings is 2. The molecule has 0 aliphatic carbocycles. The predicted octanol–water partition coefficient (Wildman–Crippen LogP) is 4.07. The van der Waals surface area contributed by atoms with Gasteiger partial charge >= 0.3 is 5.97 Å². The zero-order chi connectivity index (χ0) is 22.0. The number of hydrogen-bond acceptors (Lipinski definition) is 6. The summed E-state index contributed by atoms with van der Waals surface area (Å²) in [4.78, 5) is 38.2. The Morgan fingerprint density at radius 2 is 1.68 bits per heavy atom. The van der Waals surface area contributed by atoms with Crippen molar-refractivity contribution in [2.75, 3.05) is 4.90 Å². The Kier molecular flexibility index (Phi) is 5.61. The summed E-state index contributed by atoms with van der Waals surface area (Å²) in [6.07, 6.45) is 1.36. The third kappa shape index (κ3) is 4.37. The number of rotatable bonds is 5. The van der Waals surface area contributed by atoms with Crippen LogP contribution in [0.3, 0.4) is 0 Å². The van der Waals surface area contributed by atoms with Gasteiger partial charge < -0.3 is 9.84 Å². The van der Waals surface area contributed by atoms with E-state index in [0.717, 1.165) is 11.3 Å². The molecule has 3 aromatic rings. The summed E-state index contributed by atoms with van der Waals surface area (Å²) in [5.74, 6) is -1.06. The van der Waals surface area contributed by atoms with E-state index in [9.17, 15) is 14.4 Å². The van der Waals surface area contributed by atoms with E-state index in [1.54, 1.807) is 24.3 Å². The van der Waals surface area contributed by atoms with E-state index in [1.165, 1.54) is 23.1 Å². The van der Waals surface area contributed by atoms with Gasteiger partial charge in [-0.15, -0.1) is 11.3 Å². The average molecular weight is 450 g/mol. The number of nitrogens with one attached hydrogen (secondary N) is 1. The van der Waals surface area contributed by atoms with E-state index in [1.807, 2.05) is 30.3 Å². The van der Waals surface area contributed by atoms with Crippen LogP contribution in [0.25, 0.3) is 6.08 Å². The molecule has 1 fully saturated rings. The van der Waals surface area contributed by atoms with Crippen LogP contribution < -0.4 is 15.0 Å². The van der Waals surface area contributed by atoms with Crippen LogP contribution in [0.5, 0.6) is 11.5 Å². The highest BCUT2D eigenvalue weighted by atomic mass is 32.1. The van der Waals surface area contributed by atoms with Crippen LogP contribution >= 0.6 is 23.6 Å². The molecule has 9 heteroatoms. The maximum atomic E-state index is 13.0. The summed E-state index contributed by atoms with van der Waals surface area (Å²) in [5, 5.41) is 11.5. The smallest absolute Gasteiger partial charge is 0.345 e. The first kappa shape index (κ1) is 20.5. The highest BCUT2D eigenvalue weighted by molar-refractivity contribution is 7.80. The minimum atomic E-state index is -1.07. The van der Waals surface area contributed by atoms with Gasteiger partial charge in [0.15, 0.2) is 5.11 Å². The van der Waals surface area contributed by atoms with Crippen LogP contribution in [0, 0.1) is 0 Å². The molecule has 2 aromatic carbocycles. The van der Waals surface area contributed by atoms with Gasteiger partial charge in [-0.2, -0.15) is 0 Å². The van der Waals surface area contributed by atoms with Crippen molar-refractivity contribution in [3.8, 4) is 11.5 Å². The minimum absolute atomic E-state index is 0.0405.